The summed E-state index contributed by atoms with van der Waals surface area (Å²) in [7, 11) is 0. The van der Waals surface area contributed by atoms with Crippen LogP contribution in [0.1, 0.15) is 19.6 Å². The molecule has 1 aromatic rings. The van der Waals surface area contributed by atoms with Crippen LogP contribution in [0.3, 0.4) is 0 Å². The van der Waals surface area contributed by atoms with Crippen molar-refractivity contribution in [2.24, 2.45) is 4.99 Å². The highest BCUT2D eigenvalue weighted by Gasteiger charge is 2.25. The quantitative estimate of drug-likeness (QED) is 0.338. The average Bonchev–Trinajstić information content (AvgIpc) is 2.84. The van der Waals surface area contributed by atoms with Crippen molar-refractivity contribution in [1.82, 2.24) is 0 Å². The number of carbonyl (C=O) groups excluding carboxylic acids is 1. The van der Waals surface area contributed by atoms with Crippen molar-refractivity contribution in [1.29, 1.82) is 0 Å². The second-order valence-electron chi connectivity index (χ2n) is 3.39. The van der Waals surface area contributed by atoms with Crippen molar-refractivity contribution in [3.63, 3.8) is 0 Å². The predicted octanol–water partition coefficient (Wildman–Crippen LogP) is 1.89. The van der Waals surface area contributed by atoms with Gasteiger partial charge in [-0.05, 0) is 13.0 Å². The highest BCUT2D eigenvalue weighted by atomic mass is 16.6. The Morgan fingerprint density at radius 1 is 1.47 bits per heavy atom. The fraction of sp³-hybridized carbons (Fsp3) is 0.200. The fourth-order valence-corrected chi connectivity index (χ4v) is 1.39. The van der Waals surface area contributed by atoms with E-state index in [4.69, 9.17) is 9.15 Å². The van der Waals surface area contributed by atoms with Gasteiger partial charge < -0.3 is 9.15 Å². The van der Waals surface area contributed by atoms with Crippen LogP contribution < -0.4 is 0 Å². The van der Waals surface area contributed by atoms with Crippen LogP contribution in [0.15, 0.2) is 27.2 Å². The van der Waals surface area contributed by atoms with Gasteiger partial charge in [-0.25, -0.2) is 9.79 Å². The molecule has 1 aliphatic heterocycles. The summed E-state index contributed by atoms with van der Waals surface area (Å²) in [5.41, 5.74) is 0.506. The molecule has 0 atom stereocenters. The number of aliphatic imine (C=N–C) groups is 1. The zero-order valence-corrected chi connectivity index (χ0v) is 9.09. The number of allylic oxidation sites excluding steroid dienone is 1. The first-order valence-electron chi connectivity index (χ1n) is 4.72. The van der Waals surface area contributed by atoms with Gasteiger partial charge in [-0.2, -0.15) is 0 Å². The zero-order valence-electron chi connectivity index (χ0n) is 9.09. The highest BCUT2D eigenvalue weighted by Crippen LogP contribution is 2.27. The van der Waals surface area contributed by atoms with Crippen molar-refractivity contribution in [2.75, 3.05) is 0 Å². The minimum absolute atomic E-state index is 0.103. The zero-order chi connectivity index (χ0) is 12.6. The molecule has 1 aromatic heterocycles. The maximum Gasteiger partial charge on any atom is 0.433 e. The Morgan fingerprint density at radius 3 is 2.65 bits per heavy atom. The molecule has 2 heterocycles. The molecular formula is C10H8N2O5. The normalized spacial score (nSPS) is 17.8. The third-order valence-electron chi connectivity index (χ3n) is 2.20. The molecule has 7 heteroatoms. The second-order valence-corrected chi connectivity index (χ2v) is 3.39. The number of nitrogens with zero attached hydrogens (tertiary/aromatic N) is 2. The number of hydrogen-bond donors (Lipinski definition) is 0. The lowest BCUT2D eigenvalue weighted by Gasteiger charge is -1.96. The van der Waals surface area contributed by atoms with E-state index < -0.39 is 10.9 Å². The molecule has 0 amide bonds. The molecule has 0 bridgehead atoms. The van der Waals surface area contributed by atoms with Crippen LogP contribution in [0, 0.1) is 10.1 Å². The van der Waals surface area contributed by atoms with Gasteiger partial charge in [0.05, 0.1) is 6.07 Å². The largest absolute Gasteiger partial charge is 0.433 e. The van der Waals surface area contributed by atoms with Gasteiger partial charge in [-0.1, -0.05) is 0 Å². The van der Waals surface area contributed by atoms with E-state index in [2.05, 4.69) is 4.99 Å². The van der Waals surface area contributed by atoms with Gasteiger partial charge in [0.2, 0.25) is 0 Å². The third kappa shape index (κ3) is 1.94. The Hall–Kier alpha value is -2.44. The number of furan rings is 1. The summed E-state index contributed by atoms with van der Waals surface area (Å²) in [6.45, 7) is 3.13. The van der Waals surface area contributed by atoms with Crippen LogP contribution in [-0.4, -0.2) is 16.8 Å². The van der Waals surface area contributed by atoms with E-state index in [1.165, 1.54) is 12.1 Å². The SMILES string of the molecule is CC1=NC(=C(C)c2ccc([N+](=O)[O-])o2)C(=O)O1. The van der Waals surface area contributed by atoms with Crippen LogP contribution in [0.2, 0.25) is 0 Å². The van der Waals surface area contributed by atoms with Crippen molar-refractivity contribution in [3.05, 3.63) is 33.7 Å². The van der Waals surface area contributed by atoms with Crippen LogP contribution in [0.4, 0.5) is 5.88 Å². The lowest BCUT2D eigenvalue weighted by atomic mass is 10.2. The summed E-state index contributed by atoms with van der Waals surface area (Å²) in [5, 5.41) is 10.5. The Balaban J connectivity index is 2.43. The Kier molecular flexibility index (Phi) is 2.51. The summed E-state index contributed by atoms with van der Waals surface area (Å²) >= 11 is 0. The van der Waals surface area contributed by atoms with Crippen molar-refractivity contribution < 1.29 is 18.9 Å². The molecule has 0 N–H and O–H groups in total. The number of rotatable bonds is 2. The van der Waals surface area contributed by atoms with Crippen LogP contribution in [0.25, 0.3) is 5.57 Å². The maximum atomic E-state index is 11.4. The third-order valence-corrected chi connectivity index (χ3v) is 2.20. The van der Waals surface area contributed by atoms with Crippen molar-refractivity contribution >= 4 is 23.3 Å². The molecule has 0 unspecified atom stereocenters. The van der Waals surface area contributed by atoms with E-state index in [0.717, 1.165) is 0 Å². The molecule has 0 saturated heterocycles. The molecule has 0 saturated carbocycles. The first kappa shape index (κ1) is 11.1. The molecule has 2 rings (SSSR count). The van der Waals surface area contributed by atoms with Gasteiger partial charge in [-0.3, -0.25) is 10.1 Å². The number of cyclic esters (lactones) is 1. The summed E-state index contributed by atoms with van der Waals surface area (Å²) in [6.07, 6.45) is 0. The summed E-state index contributed by atoms with van der Waals surface area (Å²) in [4.78, 5) is 25.1. The number of ether oxygens (including phenoxy) is 1. The van der Waals surface area contributed by atoms with Crippen LogP contribution in [-0.2, 0) is 9.53 Å². The molecule has 0 aliphatic carbocycles. The predicted molar refractivity (Wildman–Crippen MR) is 57.2 cm³/mol. The molecule has 0 radical (unpaired) electrons. The van der Waals surface area contributed by atoms with Crippen molar-refractivity contribution in [3.8, 4) is 0 Å². The maximum absolute atomic E-state index is 11.4. The number of hydrogen-bond acceptors (Lipinski definition) is 6. The van der Waals surface area contributed by atoms with Crippen LogP contribution in [0.5, 0.6) is 0 Å². The smallest absolute Gasteiger partial charge is 0.407 e. The molecule has 7 nitrogen and oxygen atoms in total. The van der Waals surface area contributed by atoms with Gasteiger partial charge >= 0.3 is 11.9 Å². The molecule has 0 aromatic carbocycles. The molecule has 1 aliphatic rings. The Labute approximate surface area is 95.5 Å². The number of esters is 1. The highest BCUT2D eigenvalue weighted by molar-refractivity contribution is 6.08. The molecule has 0 fully saturated rings. The first-order valence-corrected chi connectivity index (χ1v) is 4.72. The fourth-order valence-electron chi connectivity index (χ4n) is 1.39. The minimum atomic E-state index is -0.650. The van der Waals surface area contributed by atoms with E-state index in [0.29, 0.717) is 5.57 Å². The molecule has 17 heavy (non-hydrogen) atoms. The number of nitro groups is 1. The average molecular weight is 236 g/mol. The second kappa shape index (κ2) is 3.85. The lowest BCUT2D eigenvalue weighted by Crippen LogP contribution is -2.01. The van der Waals surface area contributed by atoms with E-state index in [1.54, 1.807) is 13.8 Å². The van der Waals surface area contributed by atoms with E-state index >= 15 is 0 Å². The molecule has 0 spiro atoms. The van der Waals surface area contributed by atoms with Crippen molar-refractivity contribution in [2.45, 2.75) is 13.8 Å². The van der Waals surface area contributed by atoms with Gasteiger partial charge in [0.1, 0.15) is 10.7 Å². The summed E-state index contributed by atoms with van der Waals surface area (Å²) < 4.78 is 9.72. The first-order chi connectivity index (χ1) is 7.99. The standard InChI is InChI=1S/C10H8N2O5/c1-5(9-10(13)16-6(2)11-9)7-3-4-8(17-7)12(14)15/h3-4H,1-2H3. The molecular weight excluding hydrogens is 228 g/mol. The lowest BCUT2D eigenvalue weighted by molar-refractivity contribution is -0.402. The van der Waals surface area contributed by atoms with Crippen LogP contribution >= 0.6 is 0 Å². The topological polar surface area (TPSA) is 94.9 Å². The van der Waals surface area contributed by atoms with Gasteiger partial charge in [0, 0.05) is 12.5 Å². The Bertz CT molecular complexity index is 567. The minimum Gasteiger partial charge on any atom is -0.407 e. The van der Waals surface area contributed by atoms with Gasteiger partial charge in [0.25, 0.3) is 0 Å². The van der Waals surface area contributed by atoms with E-state index in [-0.39, 0.29) is 23.2 Å². The van der Waals surface area contributed by atoms with Gasteiger partial charge in [-0.15, -0.1) is 0 Å². The summed E-state index contributed by atoms with van der Waals surface area (Å²) in [5.74, 6) is -0.501. The van der Waals surface area contributed by atoms with Gasteiger partial charge in [0.15, 0.2) is 11.6 Å². The van der Waals surface area contributed by atoms with E-state index in [1.807, 2.05) is 0 Å². The Morgan fingerprint density at radius 2 is 2.18 bits per heavy atom. The summed E-state index contributed by atoms with van der Waals surface area (Å²) in [6, 6.07) is 2.63. The number of carbonyl (C=O) groups is 1. The monoisotopic (exact) mass is 236 g/mol. The molecule has 88 valence electrons. The van der Waals surface area contributed by atoms with E-state index in [9.17, 15) is 14.9 Å².